The first-order chi connectivity index (χ1) is 19.7. The summed E-state index contributed by atoms with van der Waals surface area (Å²) in [6, 6.07) is 18.7. The molecule has 0 aromatic heterocycles. The van der Waals surface area contributed by atoms with Crippen molar-refractivity contribution in [2.45, 2.75) is 27.3 Å². The van der Waals surface area contributed by atoms with Crippen LogP contribution in [0, 0.1) is 17.0 Å². The molecule has 3 aromatic carbocycles. The molecule has 0 radical (unpaired) electrons. The molecule has 41 heavy (non-hydrogen) atoms. The Hall–Kier alpha value is -4.64. The van der Waals surface area contributed by atoms with E-state index in [4.69, 9.17) is 4.74 Å². The smallest absolute Gasteiger partial charge is 0.293 e. The molecule has 4 rings (SSSR count). The summed E-state index contributed by atoms with van der Waals surface area (Å²) in [5, 5.41) is 13.3. The normalized spacial score (nSPS) is 13.9. The number of nitro benzene ring substituents is 1. The summed E-state index contributed by atoms with van der Waals surface area (Å²) in [6.45, 7) is 7.31. The second kappa shape index (κ2) is 13.1. The van der Waals surface area contributed by atoms with Crippen molar-refractivity contribution in [2.24, 2.45) is 0 Å². The van der Waals surface area contributed by atoms with Gasteiger partial charge in [-0.3, -0.25) is 29.4 Å². The number of non-ortho nitro benzene ring substituents is 1. The van der Waals surface area contributed by atoms with Gasteiger partial charge in [0.05, 0.1) is 16.4 Å². The summed E-state index contributed by atoms with van der Waals surface area (Å²) >= 11 is 0.855. The van der Waals surface area contributed by atoms with E-state index < -0.39 is 16.7 Å². The minimum atomic E-state index is -0.542. The number of aryl methyl sites for hydroxylation is 1. The van der Waals surface area contributed by atoms with Crippen molar-refractivity contribution in [3.8, 4) is 5.75 Å². The molecule has 3 amide bonds. The highest BCUT2D eigenvalue weighted by Gasteiger charge is 2.35. The van der Waals surface area contributed by atoms with E-state index >= 15 is 0 Å². The summed E-state index contributed by atoms with van der Waals surface area (Å²) in [4.78, 5) is 52.6. The van der Waals surface area contributed by atoms with E-state index in [1.165, 1.54) is 23.1 Å². The average Bonchev–Trinajstić information content (AvgIpc) is 3.22. The monoisotopic (exact) mass is 574 g/mol. The summed E-state index contributed by atoms with van der Waals surface area (Å²) < 4.78 is 5.90. The van der Waals surface area contributed by atoms with Crippen LogP contribution in [0.1, 0.15) is 30.5 Å². The fourth-order valence-corrected chi connectivity index (χ4v) is 5.07. The van der Waals surface area contributed by atoms with E-state index in [1.54, 1.807) is 24.3 Å². The molecule has 0 unspecified atom stereocenters. The Balaban J connectivity index is 1.55. The minimum Gasteiger partial charge on any atom is -0.483 e. The van der Waals surface area contributed by atoms with Crippen LogP contribution in [0.5, 0.6) is 5.75 Å². The van der Waals surface area contributed by atoms with Crippen molar-refractivity contribution in [1.82, 2.24) is 4.90 Å². The zero-order valence-corrected chi connectivity index (χ0v) is 23.8. The van der Waals surface area contributed by atoms with E-state index in [1.807, 2.05) is 51.1 Å². The Morgan fingerprint density at radius 3 is 2.49 bits per heavy atom. The lowest BCUT2D eigenvalue weighted by molar-refractivity contribution is -0.384. The molecule has 1 saturated heterocycles. The molecular weight excluding hydrogens is 544 g/mol. The molecular formula is C30H30N4O6S. The third kappa shape index (κ3) is 7.31. The van der Waals surface area contributed by atoms with Crippen LogP contribution in [-0.4, -0.2) is 46.6 Å². The topological polar surface area (TPSA) is 122 Å². The van der Waals surface area contributed by atoms with Crippen molar-refractivity contribution in [3.05, 3.63) is 98.4 Å². The zero-order valence-electron chi connectivity index (χ0n) is 23.0. The number of nitrogens with one attached hydrogen (secondary N) is 1. The first kappa shape index (κ1) is 29.3. The highest BCUT2D eigenvalue weighted by Crippen LogP contribution is 2.36. The molecule has 0 spiro atoms. The number of benzene rings is 3. The van der Waals surface area contributed by atoms with Crippen LogP contribution >= 0.6 is 11.8 Å². The fraction of sp³-hybridized carbons (Fsp3) is 0.233. The van der Waals surface area contributed by atoms with Gasteiger partial charge >= 0.3 is 0 Å². The number of thioether (sulfide) groups is 1. The Morgan fingerprint density at radius 1 is 1.07 bits per heavy atom. The molecule has 1 aliphatic rings. The number of hydrogen-bond acceptors (Lipinski definition) is 8. The number of nitro groups is 1. The van der Waals surface area contributed by atoms with Gasteiger partial charge in [-0.15, -0.1) is 0 Å². The Bertz CT molecular complexity index is 1500. The van der Waals surface area contributed by atoms with Gasteiger partial charge < -0.3 is 15.0 Å². The molecule has 1 N–H and O–H groups in total. The number of imide groups is 1. The van der Waals surface area contributed by atoms with Crippen LogP contribution in [0.2, 0.25) is 0 Å². The predicted molar refractivity (Wildman–Crippen MR) is 160 cm³/mol. The van der Waals surface area contributed by atoms with E-state index in [0.717, 1.165) is 41.7 Å². The van der Waals surface area contributed by atoms with E-state index in [-0.39, 0.29) is 34.7 Å². The molecule has 1 aliphatic heterocycles. The quantitative estimate of drug-likeness (QED) is 0.168. The maximum Gasteiger partial charge on any atom is 0.293 e. The van der Waals surface area contributed by atoms with Gasteiger partial charge in [0, 0.05) is 48.2 Å². The molecule has 10 nitrogen and oxygen atoms in total. The molecule has 1 heterocycles. The third-order valence-corrected chi connectivity index (χ3v) is 7.35. The largest absolute Gasteiger partial charge is 0.483 e. The third-order valence-electron chi connectivity index (χ3n) is 6.45. The lowest BCUT2D eigenvalue weighted by Crippen LogP contribution is -2.27. The van der Waals surface area contributed by atoms with Crippen LogP contribution in [0.3, 0.4) is 0 Å². The van der Waals surface area contributed by atoms with Crippen molar-refractivity contribution in [1.29, 1.82) is 0 Å². The number of amides is 3. The van der Waals surface area contributed by atoms with Crippen LogP contribution in [0.25, 0.3) is 6.08 Å². The first-order valence-corrected chi connectivity index (χ1v) is 13.9. The zero-order chi connectivity index (χ0) is 29.5. The lowest BCUT2D eigenvalue weighted by Gasteiger charge is -2.22. The van der Waals surface area contributed by atoms with Gasteiger partial charge in [-0.2, -0.15) is 0 Å². The maximum atomic E-state index is 13.2. The van der Waals surface area contributed by atoms with Crippen molar-refractivity contribution < 1.29 is 24.0 Å². The van der Waals surface area contributed by atoms with Gasteiger partial charge in [0.25, 0.3) is 22.7 Å². The highest BCUT2D eigenvalue weighted by atomic mass is 32.2. The second-order valence-electron chi connectivity index (χ2n) is 9.29. The minimum absolute atomic E-state index is 0.144. The maximum absolute atomic E-state index is 13.2. The Kier molecular flexibility index (Phi) is 9.41. The predicted octanol–water partition coefficient (Wildman–Crippen LogP) is 6.00. The number of carbonyl (C=O) groups excluding carboxylic acids is 3. The summed E-state index contributed by atoms with van der Waals surface area (Å²) in [5.74, 6) is -0.556. The molecule has 0 atom stereocenters. The summed E-state index contributed by atoms with van der Waals surface area (Å²) in [7, 11) is 0. The average molecular weight is 575 g/mol. The molecule has 0 aliphatic carbocycles. The van der Waals surface area contributed by atoms with Gasteiger partial charge in [0.15, 0.2) is 6.61 Å². The SMILES string of the molecule is CCN(CC)c1ccc(/C=C2\SC(=O)N(Cc3ccc(C)cc3)C2=O)c(OCC(=O)Nc2cccc([N+](=O)[O-])c2)c1. The molecule has 0 bridgehead atoms. The van der Waals surface area contributed by atoms with E-state index in [0.29, 0.717) is 11.3 Å². The molecule has 212 valence electrons. The van der Waals surface area contributed by atoms with E-state index in [2.05, 4.69) is 10.2 Å². The Labute approximate surface area is 242 Å². The fourth-order valence-electron chi connectivity index (χ4n) is 4.24. The molecule has 3 aromatic rings. The number of nitrogens with zero attached hydrogens (tertiary/aromatic N) is 3. The second-order valence-corrected chi connectivity index (χ2v) is 10.3. The van der Waals surface area contributed by atoms with Gasteiger partial charge in [-0.1, -0.05) is 35.9 Å². The van der Waals surface area contributed by atoms with Gasteiger partial charge in [-0.05, 0) is 62.4 Å². The summed E-state index contributed by atoms with van der Waals surface area (Å²) in [6.07, 6.45) is 1.60. The lowest BCUT2D eigenvalue weighted by atomic mass is 10.1. The van der Waals surface area contributed by atoms with Gasteiger partial charge in [-0.25, -0.2) is 0 Å². The number of anilines is 2. The number of carbonyl (C=O) groups is 3. The molecule has 0 saturated carbocycles. The van der Waals surface area contributed by atoms with Crippen LogP contribution in [0.4, 0.5) is 21.9 Å². The van der Waals surface area contributed by atoms with Crippen molar-refractivity contribution in [3.63, 3.8) is 0 Å². The van der Waals surface area contributed by atoms with Crippen molar-refractivity contribution >= 4 is 52.0 Å². The standard InChI is InChI=1S/C30H30N4O6S/c1-4-32(5-2)24-14-13-22(15-27-29(36)33(30(37)41-27)18-21-11-9-20(3)10-12-21)26(17-24)40-19-28(35)31-23-7-6-8-25(16-23)34(38)39/h6-17H,4-5,18-19H2,1-3H3,(H,31,35)/b27-15-. The van der Waals surface area contributed by atoms with Crippen LogP contribution in [0.15, 0.2) is 71.6 Å². The van der Waals surface area contributed by atoms with Crippen molar-refractivity contribution in [2.75, 3.05) is 29.9 Å². The molecule has 1 fully saturated rings. The van der Waals surface area contributed by atoms with E-state index in [9.17, 15) is 24.5 Å². The number of ether oxygens (including phenoxy) is 1. The first-order valence-electron chi connectivity index (χ1n) is 13.1. The summed E-state index contributed by atoms with van der Waals surface area (Å²) in [5.41, 5.74) is 3.46. The highest BCUT2D eigenvalue weighted by molar-refractivity contribution is 8.18. The van der Waals surface area contributed by atoms with Gasteiger partial charge in [0.1, 0.15) is 5.75 Å². The van der Waals surface area contributed by atoms with Gasteiger partial charge in [0.2, 0.25) is 0 Å². The molecule has 11 heteroatoms. The number of rotatable bonds is 11. The number of hydrogen-bond donors (Lipinski definition) is 1. The van der Waals surface area contributed by atoms with Crippen LogP contribution in [-0.2, 0) is 16.1 Å². The van der Waals surface area contributed by atoms with Crippen LogP contribution < -0.4 is 15.0 Å². The Morgan fingerprint density at radius 2 is 1.80 bits per heavy atom.